The van der Waals surface area contributed by atoms with E-state index in [0.29, 0.717) is 0 Å². The minimum Gasteiger partial charge on any atom is -0.507 e. The predicted molar refractivity (Wildman–Crippen MR) is 75.5 cm³/mol. The lowest BCUT2D eigenvalue weighted by Gasteiger charge is -2.14. The lowest BCUT2D eigenvalue weighted by molar-refractivity contribution is 0.457. The summed E-state index contributed by atoms with van der Waals surface area (Å²) >= 11 is 1.78. The fourth-order valence-corrected chi connectivity index (χ4v) is 3.66. The summed E-state index contributed by atoms with van der Waals surface area (Å²) in [7, 11) is -3.64. The van der Waals surface area contributed by atoms with Crippen LogP contribution in [0.5, 0.6) is 5.75 Å². The maximum absolute atomic E-state index is 12.0. The number of para-hydroxylation sites is 1. The van der Waals surface area contributed by atoms with Gasteiger partial charge in [-0.25, -0.2) is 13.1 Å². The number of phenolic OH excluding ortho intramolecular Hbond substituents is 1. The van der Waals surface area contributed by atoms with E-state index in [1.54, 1.807) is 23.9 Å². The van der Waals surface area contributed by atoms with E-state index in [2.05, 4.69) is 11.6 Å². The number of nitrogens with one attached hydrogen (secondary N) is 1. The quantitative estimate of drug-likeness (QED) is 0.755. The van der Waals surface area contributed by atoms with Crippen molar-refractivity contribution < 1.29 is 13.5 Å². The van der Waals surface area contributed by atoms with Gasteiger partial charge >= 0.3 is 0 Å². The maximum atomic E-state index is 12.0. The molecule has 0 fully saturated rings. The molecule has 1 atom stereocenters. The van der Waals surface area contributed by atoms with Gasteiger partial charge < -0.3 is 5.11 Å². The summed E-state index contributed by atoms with van der Waals surface area (Å²) in [4.78, 5) is -0.0694. The number of hydrogen-bond donors (Lipinski definition) is 2. The number of thioether (sulfide) groups is 1. The zero-order chi connectivity index (χ0) is 13.6. The van der Waals surface area contributed by atoms with Crippen molar-refractivity contribution in [2.75, 3.05) is 11.5 Å². The van der Waals surface area contributed by atoms with Crippen molar-refractivity contribution in [2.24, 2.45) is 0 Å². The van der Waals surface area contributed by atoms with Gasteiger partial charge in [0, 0.05) is 6.04 Å². The molecule has 0 aliphatic heterocycles. The number of aromatic hydroxyl groups is 1. The first-order chi connectivity index (χ1) is 8.47. The first-order valence-electron chi connectivity index (χ1n) is 5.85. The lowest BCUT2D eigenvalue weighted by atomic mass is 10.3. The summed E-state index contributed by atoms with van der Waals surface area (Å²) in [6.45, 7) is 3.90. The van der Waals surface area contributed by atoms with Crippen LogP contribution in [0.3, 0.4) is 0 Å². The maximum Gasteiger partial charge on any atom is 0.244 e. The second kappa shape index (κ2) is 7.01. The van der Waals surface area contributed by atoms with Gasteiger partial charge in [0.15, 0.2) is 0 Å². The van der Waals surface area contributed by atoms with Gasteiger partial charge in [0.25, 0.3) is 0 Å². The summed E-state index contributed by atoms with van der Waals surface area (Å²) in [6.07, 6.45) is 0.769. The number of rotatable bonds is 7. The van der Waals surface area contributed by atoms with E-state index < -0.39 is 10.0 Å². The standard InChI is InChI=1S/C12H19NO3S2/c1-3-17-9-8-10(2)13-18(15,16)12-7-5-4-6-11(12)14/h4-7,10,13-14H,3,8-9H2,1-2H3. The van der Waals surface area contributed by atoms with Crippen LogP contribution in [-0.4, -0.2) is 31.1 Å². The van der Waals surface area contributed by atoms with E-state index >= 15 is 0 Å². The van der Waals surface area contributed by atoms with Crippen molar-refractivity contribution in [3.05, 3.63) is 24.3 Å². The van der Waals surface area contributed by atoms with E-state index in [0.717, 1.165) is 17.9 Å². The monoisotopic (exact) mass is 289 g/mol. The molecule has 1 rings (SSSR count). The Morgan fingerprint density at radius 3 is 2.67 bits per heavy atom. The largest absolute Gasteiger partial charge is 0.507 e. The third-order valence-electron chi connectivity index (χ3n) is 2.41. The third kappa shape index (κ3) is 4.51. The second-order valence-corrected chi connectivity index (χ2v) is 7.05. The van der Waals surface area contributed by atoms with Crippen LogP contribution in [0.25, 0.3) is 0 Å². The average molecular weight is 289 g/mol. The molecule has 0 aromatic heterocycles. The average Bonchev–Trinajstić information content (AvgIpc) is 2.29. The highest BCUT2D eigenvalue weighted by Crippen LogP contribution is 2.21. The minimum atomic E-state index is -3.64. The van der Waals surface area contributed by atoms with Gasteiger partial charge in [0.1, 0.15) is 10.6 Å². The minimum absolute atomic E-state index is 0.0694. The highest BCUT2D eigenvalue weighted by atomic mass is 32.2. The molecule has 0 saturated carbocycles. The predicted octanol–water partition coefficient (Wildman–Crippen LogP) is 2.20. The molecule has 0 saturated heterocycles. The van der Waals surface area contributed by atoms with Gasteiger partial charge in [-0.1, -0.05) is 19.1 Å². The van der Waals surface area contributed by atoms with Crippen LogP contribution in [0.4, 0.5) is 0 Å². The molecule has 0 aliphatic carbocycles. The van der Waals surface area contributed by atoms with Crippen molar-refractivity contribution >= 4 is 21.8 Å². The molecule has 102 valence electrons. The molecule has 1 aromatic carbocycles. The molecule has 6 heteroatoms. The van der Waals surface area contributed by atoms with Gasteiger partial charge in [-0.15, -0.1) is 0 Å². The Balaban J connectivity index is 2.68. The summed E-state index contributed by atoms with van der Waals surface area (Å²) in [5.74, 6) is 1.72. The number of sulfonamides is 1. The third-order valence-corrected chi connectivity index (χ3v) is 4.98. The fraction of sp³-hybridized carbons (Fsp3) is 0.500. The molecule has 4 nitrogen and oxygen atoms in total. The van der Waals surface area contributed by atoms with Gasteiger partial charge in [0.2, 0.25) is 10.0 Å². The zero-order valence-corrected chi connectivity index (χ0v) is 12.2. The molecule has 0 heterocycles. The highest BCUT2D eigenvalue weighted by Gasteiger charge is 2.20. The van der Waals surface area contributed by atoms with E-state index in [1.165, 1.54) is 12.1 Å². The van der Waals surface area contributed by atoms with Crippen LogP contribution in [0.2, 0.25) is 0 Å². The number of phenols is 1. The Morgan fingerprint density at radius 1 is 1.39 bits per heavy atom. The van der Waals surface area contributed by atoms with E-state index in [9.17, 15) is 13.5 Å². The van der Waals surface area contributed by atoms with Crippen LogP contribution >= 0.6 is 11.8 Å². The number of benzene rings is 1. The SMILES string of the molecule is CCSCCC(C)NS(=O)(=O)c1ccccc1O. The molecular weight excluding hydrogens is 270 g/mol. The fourth-order valence-electron chi connectivity index (χ4n) is 1.48. The van der Waals surface area contributed by atoms with Crippen molar-refractivity contribution in [3.8, 4) is 5.75 Å². The Bertz CT molecular complexity index is 474. The molecule has 0 amide bonds. The summed E-state index contributed by atoms with van der Waals surface area (Å²) in [5.41, 5.74) is 0. The van der Waals surface area contributed by atoms with Gasteiger partial charge in [0.05, 0.1) is 0 Å². The molecule has 0 aliphatic rings. The second-order valence-electron chi connectivity index (χ2n) is 3.98. The van der Waals surface area contributed by atoms with Crippen molar-refractivity contribution in [1.82, 2.24) is 4.72 Å². The van der Waals surface area contributed by atoms with Gasteiger partial charge in [-0.2, -0.15) is 11.8 Å². The first-order valence-corrected chi connectivity index (χ1v) is 8.49. The Kier molecular flexibility index (Phi) is 5.98. The summed E-state index contributed by atoms with van der Waals surface area (Å²) in [5, 5.41) is 9.55. The number of hydrogen-bond acceptors (Lipinski definition) is 4. The lowest BCUT2D eigenvalue weighted by Crippen LogP contribution is -2.33. The van der Waals surface area contributed by atoms with Crippen molar-refractivity contribution in [1.29, 1.82) is 0 Å². The molecule has 18 heavy (non-hydrogen) atoms. The molecular formula is C12H19NO3S2. The molecule has 0 bridgehead atoms. The highest BCUT2D eigenvalue weighted by molar-refractivity contribution is 7.99. The Labute approximate surface area is 113 Å². The molecule has 2 N–H and O–H groups in total. The first kappa shape index (κ1) is 15.3. The summed E-state index contributed by atoms with van der Waals surface area (Å²) in [6, 6.07) is 5.80. The van der Waals surface area contributed by atoms with E-state index in [-0.39, 0.29) is 16.7 Å². The van der Waals surface area contributed by atoms with E-state index in [4.69, 9.17) is 0 Å². The smallest absolute Gasteiger partial charge is 0.244 e. The van der Waals surface area contributed by atoms with Crippen LogP contribution in [0.1, 0.15) is 20.3 Å². The summed E-state index contributed by atoms with van der Waals surface area (Å²) < 4.78 is 26.6. The van der Waals surface area contributed by atoms with E-state index in [1.807, 2.05) is 6.92 Å². The van der Waals surface area contributed by atoms with Crippen LogP contribution < -0.4 is 4.72 Å². The van der Waals surface area contributed by atoms with Crippen molar-refractivity contribution in [2.45, 2.75) is 31.2 Å². The molecule has 1 aromatic rings. The normalized spacial score (nSPS) is 13.4. The van der Waals surface area contributed by atoms with Gasteiger partial charge in [-0.05, 0) is 37.0 Å². The Hall–Kier alpha value is -0.720. The van der Waals surface area contributed by atoms with Crippen molar-refractivity contribution in [3.63, 3.8) is 0 Å². The van der Waals surface area contributed by atoms with Crippen LogP contribution in [-0.2, 0) is 10.0 Å². The van der Waals surface area contributed by atoms with Crippen LogP contribution in [0.15, 0.2) is 29.2 Å². The Morgan fingerprint density at radius 2 is 2.06 bits per heavy atom. The molecule has 0 radical (unpaired) electrons. The topological polar surface area (TPSA) is 66.4 Å². The molecule has 1 unspecified atom stereocenters. The van der Waals surface area contributed by atoms with Crippen LogP contribution in [0, 0.1) is 0 Å². The zero-order valence-electron chi connectivity index (χ0n) is 10.6. The van der Waals surface area contributed by atoms with Gasteiger partial charge in [-0.3, -0.25) is 0 Å². The molecule has 0 spiro atoms.